The van der Waals surface area contributed by atoms with Gasteiger partial charge in [-0.3, -0.25) is 9.59 Å². The summed E-state index contributed by atoms with van der Waals surface area (Å²) in [6.45, 7) is 0.216. The molecule has 0 aliphatic heterocycles. The van der Waals surface area contributed by atoms with Gasteiger partial charge in [-0.2, -0.15) is 13.2 Å². The number of nitrogens with zero attached hydrogens (tertiary/aromatic N) is 1. The molecule has 4 rings (SSSR count). The number of anilines is 2. The Bertz CT molecular complexity index is 1240. The van der Waals surface area contributed by atoms with Crippen LogP contribution in [0.3, 0.4) is 0 Å². The van der Waals surface area contributed by atoms with E-state index in [2.05, 4.69) is 10.6 Å². The lowest BCUT2D eigenvalue weighted by Gasteiger charge is -2.40. The highest BCUT2D eigenvalue weighted by Gasteiger charge is 2.34. The Morgan fingerprint density at radius 1 is 0.905 bits per heavy atom. The number of carbonyl (C=O) groups excluding carboxylic acids is 2. The third-order valence-corrected chi connectivity index (χ3v) is 8.49. The predicted molar refractivity (Wildman–Crippen MR) is 154 cm³/mol. The maximum atomic E-state index is 13.6. The molecular formula is C31H39F3N4O4. The van der Waals surface area contributed by atoms with Gasteiger partial charge in [0.25, 0.3) is 5.91 Å². The lowest BCUT2D eigenvalue weighted by atomic mass is 9.72. The van der Waals surface area contributed by atoms with Crippen LogP contribution in [0.25, 0.3) is 0 Å². The molecule has 0 atom stereocenters. The average molecular weight is 589 g/mol. The van der Waals surface area contributed by atoms with Crippen molar-refractivity contribution in [2.24, 2.45) is 11.8 Å². The second-order valence-electron chi connectivity index (χ2n) is 11.5. The number of nitrogens with two attached hydrogens (primary N) is 1. The number of hydrogen-bond acceptors (Lipinski definition) is 4. The summed E-state index contributed by atoms with van der Waals surface area (Å²) < 4.78 is 40.1. The van der Waals surface area contributed by atoms with E-state index in [0.29, 0.717) is 11.5 Å². The van der Waals surface area contributed by atoms with Crippen LogP contribution in [-0.2, 0) is 17.5 Å². The molecule has 3 amide bonds. The van der Waals surface area contributed by atoms with E-state index in [1.54, 1.807) is 29.2 Å². The minimum Gasteiger partial charge on any atom is -0.481 e. The first-order chi connectivity index (χ1) is 20.0. The third kappa shape index (κ3) is 8.62. The van der Waals surface area contributed by atoms with Crippen molar-refractivity contribution in [2.75, 3.05) is 17.6 Å². The maximum absolute atomic E-state index is 13.6. The molecule has 11 heteroatoms. The molecule has 0 heterocycles. The van der Waals surface area contributed by atoms with E-state index in [1.807, 2.05) is 0 Å². The minimum atomic E-state index is -4.60. The summed E-state index contributed by atoms with van der Waals surface area (Å²) in [7, 11) is 0. The summed E-state index contributed by atoms with van der Waals surface area (Å²) in [5.74, 6) is -0.0527. The molecule has 2 fully saturated rings. The number of amides is 3. The summed E-state index contributed by atoms with van der Waals surface area (Å²) in [6, 6.07) is 9.08. The van der Waals surface area contributed by atoms with Crippen LogP contribution in [0.1, 0.15) is 85.7 Å². The van der Waals surface area contributed by atoms with Crippen LogP contribution in [0.4, 0.5) is 29.3 Å². The van der Waals surface area contributed by atoms with Crippen LogP contribution in [0.2, 0.25) is 0 Å². The van der Waals surface area contributed by atoms with Crippen molar-refractivity contribution in [1.82, 2.24) is 10.2 Å². The molecule has 2 aromatic rings. The number of aliphatic carboxylic acids is 1. The Morgan fingerprint density at radius 2 is 1.55 bits per heavy atom. The van der Waals surface area contributed by atoms with Gasteiger partial charge >= 0.3 is 18.2 Å². The van der Waals surface area contributed by atoms with Crippen molar-refractivity contribution < 1.29 is 32.7 Å². The molecule has 0 saturated heterocycles. The van der Waals surface area contributed by atoms with E-state index < -0.39 is 29.6 Å². The standard InChI is InChI=1S/C31H39F3N4O4/c32-31(33,34)24-16-25(35)18-26(17-24)37-30(42)38(27-12-10-22(11-13-27)21-4-2-1-3-5-21)19-20-6-8-23(9-7-20)29(41)36-15-14-28(39)40/h6-9,16-18,21-22,27H,1-5,10-15,19,35H2,(H,36,41)(H,37,42)(H,39,40). The van der Waals surface area contributed by atoms with Crippen LogP contribution in [-0.4, -0.2) is 40.5 Å². The second kappa shape index (κ2) is 13.9. The Balaban J connectivity index is 1.48. The number of carboxylic acid groups (broad SMARTS) is 1. The summed E-state index contributed by atoms with van der Waals surface area (Å²) in [5.41, 5.74) is 5.76. The fourth-order valence-electron chi connectivity index (χ4n) is 6.28. The first-order valence-corrected chi connectivity index (χ1v) is 14.6. The number of rotatable bonds is 9. The Hall–Kier alpha value is -3.76. The lowest BCUT2D eigenvalue weighted by Crippen LogP contribution is -2.44. The zero-order valence-electron chi connectivity index (χ0n) is 23.6. The maximum Gasteiger partial charge on any atom is 0.416 e. The molecule has 8 nitrogen and oxygen atoms in total. The van der Waals surface area contributed by atoms with E-state index in [0.717, 1.165) is 49.3 Å². The molecule has 0 spiro atoms. The van der Waals surface area contributed by atoms with Gasteiger partial charge in [-0.05, 0) is 73.4 Å². The molecule has 0 radical (unpaired) electrons. The monoisotopic (exact) mass is 588 g/mol. The Morgan fingerprint density at radius 3 is 2.17 bits per heavy atom. The average Bonchev–Trinajstić information content (AvgIpc) is 2.96. The molecule has 2 saturated carbocycles. The fraction of sp³-hybridized carbons (Fsp3) is 0.516. The topological polar surface area (TPSA) is 125 Å². The van der Waals surface area contributed by atoms with Crippen molar-refractivity contribution >= 4 is 29.3 Å². The van der Waals surface area contributed by atoms with Gasteiger partial charge < -0.3 is 26.4 Å². The number of carboxylic acids is 1. The lowest BCUT2D eigenvalue weighted by molar-refractivity contribution is -0.138. The van der Waals surface area contributed by atoms with Gasteiger partial charge in [0.05, 0.1) is 12.0 Å². The molecule has 0 aromatic heterocycles. The van der Waals surface area contributed by atoms with Gasteiger partial charge in [-0.25, -0.2) is 4.79 Å². The highest BCUT2D eigenvalue weighted by Crippen LogP contribution is 2.40. The van der Waals surface area contributed by atoms with E-state index in [4.69, 9.17) is 10.8 Å². The number of hydrogen-bond donors (Lipinski definition) is 4. The number of alkyl halides is 3. The van der Waals surface area contributed by atoms with Gasteiger partial charge in [0.1, 0.15) is 0 Å². The molecule has 228 valence electrons. The van der Waals surface area contributed by atoms with Crippen LogP contribution < -0.4 is 16.4 Å². The van der Waals surface area contributed by atoms with Gasteiger partial charge in [0.15, 0.2) is 0 Å². The molecular weight excluding hydrogens is 549 g/mol. The van der Waals surface area contributed by atoms with Crippen molar-refractivity contribution in [3.8, 4) is 0 Å². The number of halogens is 3. The van der Waals surface area contributed by atoms with Crippen molar-refractivity contribution in [2.45, 2.75) is 83.0 Å². The van der Waals surface area contributed by atoms with Crippen LogP contribution in [0, 0.1) is 11.8 Å². The zero-order chi connectivity index (χ0) is 30.3. The molecule has 2 aliphatic carbocycles. The number of benzene rings is 2. The molecule has 42 heavy (non-hydrogen) atoms. The Labute approximate surface area is 243 Å². The van der Waals surface area contributed by atoms with Gasteiger partial charge in [-0.15, -0.1) is 0 Å². The summed E-state index contributed by atoms with van der Waals surface area (Å²) in [6.07, 6.45) is 5.19. The number of nitrogen functional groups attached to an aromatic ring is 1. The fourth-order valence-corrected chi connectivity index (χ4v) is 6.28. The Kier molecular flexibility index (Phi) is 10.3. The number of carbonyl (C=O) groups is 3. The molecule has 2 aliphatic rings. The highest BCUT2D eigenvalue weighted by molar-refractivity contribution is 5.94. The van der Waals surface area contributed by atoms with Gasteiger partial charge in [0, 0.05) is 36.1 Å². The summed E-state index contributed by atoms with van der Waals surface area (Å²) in [5, 5.41) is 14.0. The van der Waals surface area contributed by atoms with E-state index in [1.165, 1.54) is 38.2 Å². The minimum absolute atomic E-state index is 0.00739. The van der Waals surface area contributed by atoms with Crippen molar-refractivity contribution in [1.29, 1.82) is 0 Å². The van der Waals surface area contributed by atoms with E-state index in [9.17, 15) is 27.6 Å². The molecule has 2 aromatic carbocycles. The first kappa shape index (κ1) is 31.2. The normalized spacial score (nSPS) is 19.6. The zero-order valence-corrected chi connectivity index (χ0v) is 23.6. The summed E-state index contributed by atoms with van der Waals surface area (Å²) in [4.78, 5) is 38.3. The van der Waals surface area contributed by atoms with Gasteiger partial charge in [-0.1, -0.05) is 44.2 Å². The van der Waals surface area contributed by atoms with Crippen molar-refractivity contribution in [3.05, 3.63) is 59.2 Å². The van der Waals surface area contributed by atoms with E-state index >= 15 is 0 Å². The predicted octanol–water partition coefficient (Wildman–Crippen LogP) is 6.67. The first-order valence-electron chi connectivity index (χ1n) is 14.6. The molecule has 5 N–H and O–H groups in total. The summed E-state index contributed by atoms with van der Waals surface area (Å²) >= 11 is 0. The van der Waals surface area contributed by atoms with Crippen LogP contribution in [0.15, 0.2) is 42.5 Å². The SMILES string of the molecule is Nc1cc(NC(=O)N(Cc2ccc(C(=O)NCCC(=O)O)cc2)C2CCC(C3CCCCC3)CC2)cc(C(F)(F)F)c1. The quantitative estimate of drug-likeness (QED) is 0.244. The van der Waals surface area contributed by atoms with Gasteiger partial charge in [0.2, 0.25) is 0 Å². The number of nitrogens with one attached hydrogen (secondary N) is 2. The second-order valence-corrected chi connectivity index (χ2v) is 11.5. The largest absolute Gasteiger partial charge is 0.481 e. The smallest absolute Gasteiger partial charge is 0.416 e. The van der Waals surface area contributed by atoms with Crippen LogP contribution >= 0.6 is 0 Å². The van der Waals surface area contributed by atoms with Crippen molar-refractivity contribution in [3.63, 3.8) is 0 Å². The third-order valence-electron chi connectivity index (χ3n) is 8.49. The van der Waals surface area contributed by atoms with Crippen LogP contribution in [0.5, 0.6) is 0 Å². The molecule has 0 bridgehead atoms. The van der Waals surface area contributed by atoms with E-state index in [-0.39, 0.29) is 36.9 Å². The highest BCUT2D eigenvalue weighted by atomic mass is 19.4. The number of urea groups is 1. The molecule has 0 unspecified atom stereocenters.